The molecule has 0 N–H and O–H groups in total. The summed E-state index contributed by atoms with van der Waals surface area (Å²) in [4.78, 5) is 10.9. The Morgan fingerprint density at radius 3 is 3.18 bits per heavy atom. The van der Waals surface area contributed by atoms with Gasteiger partial charge in [-0.25, -0.2) is 0 Å². The normalized spacial score (nSPS) is 29.5. The minimum absolute atomic E-state index is 0.0526. The SMILES string of the molecule is CC1C/C=C\CCCC(=O)O1. The highest BCUT2D eigenvalue weighted by Crippen LogP contribution is 2.08. The zero-order valence-electron chi connectivity index (χ0n) is 6.88. The summed E-state index contributed by atoms with van der Waals surface area (Å²) in [6.07, 6.45) is 7.60. The molecular formula is C9H14O2. The zero-order valence-corrected chi connectivity index (χ0v) is 6.88. The van der Waals surface area contributed by atoms with Gasteiger partial charge in [-0.05, 0) is 19.8 Å². The fraction of sp³-hybridized carbons (Fsp3) is 0.667. The number of ether oxygens (including phenoxy) is 1. The van der Waals surface area contributed by atoms with Crippen molar-refractivity contribution in [3.05, 3.63) is 12.2 Å². The van der Waals surface area contributed by atoms with E-state index in [9.17, 15) is 4.79 Å². The van der Waals surface area contributed by atoms with Gasteiger partial charge in [0, 0.05) is 12.8 Å². The minimum Gasteiger partial charge on any atom is -0.462 e. The zero-order chi connectivity index (χ0) is 8.10. The van der Waals surface area contributed by atoms with Crippen LogP contribution in [0, 0.1) is 0 Å². The van der Waals surface area contributed by atoms with E-state index >= 15 is 0 Å². The molecule has 11 heavy (non-hydrogen) atoms. The molecule has 0 radical (unpaired) electrons. The third-order valence-electron chi connectivity index (χ3n) is 1.72. The van der Waals surface area contributed by atoms with E-state index in [4.69, 9.17) is 4.74 Å². The first-order chi connectivity index (χ1) is 5.29. The van der Waals surface area contributed by atoms with Crippen LogP contribution in [0.1, 0.15) is 32.6 Å². The molecule has 0 aromatic carbocycles. The van der Waals surface area contributed by atoms with Crippen LogP contribution >= 0.6 is 0 Å². The first kappa shape index (κ1) is 8.31. The van der Waals surface area contributed by atoms with E-state index < -0.39 is 0 Å². The fourth-order valence-corrected chi connectivity index (χ4v) is 1.10. The largest absolute Gasteiger partial charge is 0.462 e. The molecule has 0 fully saturated rings. The van der Waals surface area contributed by atoms with Crippen LogP contribution in [0.25, 0.3) is 0 Å². The van der Waals surface area contributed by atoms with Gasteiger partial charge >= 0.3 is 5.97 Å². The van der Waals surface area contributed by atoms with Gasteiger partial charge in [-0.3, -0.25) is 4.79 Å². The van der Waals surface area contributed by atoms with Crippen molar-refractivity contribution in [1.29, 1.82) is 0 Å². The van der Waals surface area contributed by atoms with E-state index in [1.54, 1.807) is 0 Å². The standard InChI is InChI=1S/C9H14O2/c1-8-6-4-2-3-5-7-9(10)11-8/h2,4,8H,3,5-7H2,1H3/b4-2-. The summed E-state index contributed by atoms with van der Waals surface area (Å²) in [5.74, 6) is -0.0544. The number of esters is 1. The minimum atomic E-state index is -0.0544. The third-order valence-corrected chi connectivity index (χ3v) is 1.72. The number of allylic oxidation sites excluding steroid dienone is 1. The molecule has 1 heterocycles. The number of hydrogen-bond acceptors (Lipinski definition) is 2. The van der Waals surface area contributed by atoms with Crippen molar-refractivity contribution in [3.8, 4) is 0 Å². The van der Waals surface area contributed by atoms with E-state index in [-0.39, 0.29) is 12.1 Å². The van der Waals surface area contributed by atoms with Crippen molar-refractivity contribution in [3.63, 3.8) is 0 Å². The lowest BCUT2D eigenvalue weighted by molar-refractivity contribution is -0.148. The topological polar surface area (TPSA) is 26.3 Å². The van der Waals surface area contributed by atoms with Gasteiger partial charge < -0.3 is 4.74 Å². The number of hydrogen-bond donors (Lipinski definition) is 0. The summed E-state index contributed by atoms with van der Waals surface area (Å²) in [6, 6.07) is 0. The Kier molecular flexibility index (Phi) is 3.14. The van der Waals surface area contributed by atoms with Crippen LogP contribution in [0.3, 0.4) is 0 Å². The number of rotatable bonds is 0. The molecule has 0 bridgehead atoms. The van der Waals surface area contributed by atoms with Crippen molar-refractivity contribution in [1.82, 2.24) is 0 Å². The van der Waals surface area contributed by atoms with Crippen LogP contribution in [0.15, 0.2) is 12.2 Å². The first-order valence-corrected chi connectivity index (χ1v) is 4.13. The molecule has 1 rings (SSSR count). The number of cyclic esters (lactones) is 1. The number of carbonyl (C=O) groups excluding carboxylic acids is 1. The quantitative estimate of drug-likeness (QED) is 0.394. The monoisotopic (exact) mass is 154 g/mol. The average molecular weight is 154 g/mol. The summed E-state index contributed by atoms with van der Waals surface area (Å²) >= 11 is 0. The molecule has 1 aliphatic rings. The van der Waals surface area contributed by atoms with Gasteiger partial charge in [0.15, 0.2) is 0 Å². The molecule has 0 aliphatic carbocycles. The molecule has 1 unspecified atom stereocenters. The van der Waals surface area contributed by atoms with Crippen LogP contribution in [0.2, 0.25) is 0 Å². The first-order valence-electron chi connectivity index (χ1n) is 4.13. The molecule has 2 nitrogen and oxygen atoms in total. The van der Waals surface area contributed by atoms with E-state index in [0.717, 1.165) is 19.3 Å². The van der Waals surface area contributed by atoms with Crippen molar-refractivity contribution in [2.75, 3.05) is 0 Å². The number of carbonyl (C=O) groups is 1. The molecule has 2 heteroatoms. The van der Waals surface area contributed by atoms with Crippen LogP contribution in [0.4, 0.5) is 0 Å². The van der Waals surface area contributed by atoms with E-state index in [2.05, 4.69) is 12.2 Å². The Labute approximate surface area is 67.2 Å². The predicted octanol–water partition coefficient (Wildman–Crippen LogP) is 2.05. The Bertz CT molecular complexity index is 161. The smallest absolute Gasteiger partial charge is 0.306 e. The van der Waals surface area contributed by atoms with E-state index in [0.29, 0.717) is 6.42 Å². The van der Waals surface area contributed by atoms with Crippen molar-refractivity contribution in [2.24, 2.45) is 0 Å². The summed E-state index contributed by atoms with van der Waals surface area (Å²) in [5.41, 5.74) is 0. The second kappa shape index (κ2) is 4.16. The third kappa shape index (κ3) is 3.21. The van der Waals surface area contributed by atoms with Crippen LogP contribution in [0.5, 0.6) is 0 Å². The maximum absolute atomic E-state index is 10.9. The lowest BCUT2D eigenvalue weighted by Gasteiger charge is -2.09. The Balaban J connectivity index is 2.43. The van der Waals surface area contributed by atoms with Gasteiger partial charge in [0.05, 0.1) is 0 Å². The molecule has 0 spiro atoms. The lowest BCUT2D eigenvalue weighted by atomic mass is 10.2. The highest BCUT2D eigenvalue weighted by atomic mass is 16.5. The highest BCUT2D eigenvalue weighted by Gasteiger charge is 2.08. The second-order valence-corrected chi connectivity index (χ2v) is 2.90. The molecule has 0 saturated carbocycles. The predicted molar refractivity (Wildman–Crippen MR) is 43.2 cm³/mol. The van der Waals surface area contributed by atoms with Crippen molar-refractivity contribution >= 4 is 5.97 Å². The summed E-state index contributed by atoms with van der Waals surface area (Å²) in [6.45, 7) is 1.92. The molecule has 62 valence electrons. The van der Waals surface area contributed by atoms with E-state index in [1.165, 1.54) is 0 Å². The van der Waals surface area contributed by atoms with Crippen LogP contribution in [-0.4, -0.2) is 12.1 Å². The van der Waals surface area contributed by atoms with Gasteiger partial charge in [0.25, 0.3) is 0 Å². The molecule has 0 amide bonds. The highest BCUT2D eigenvalue weighted by molar-refractivity contribution is 5.69. The van der Waals surface area contributed by atoms with Gasteiger partial charge in [0.2, 0.25) is 0 Å². The molecular weight excluding hydrogens is 140 g/mol. The maximum atomic E-state index is 10.9. The fourth-order valence-electron chi connectivity index (χ4n) is 1.10. The Morgan fingerprint density at radius 1 is 1.55 bits per heavy atom. The molecule has 1 aliphatic heterocycles. The van der Waals surface area contributed by atoms with Crippen molar-refractivity contribution in [2.45, 2.75) is 38.7 Å². The Hall–Kier alpha value is -0.790. The lowest BCUT2D eigenvalue weighted by Crippen LogP contribution is -2.12. The van der Waals surface area contributed by atoms with Gasteiger partial charge in [-0.2, -0.15) is 0 Å². The molecule has 0 aromatic rings. The second-order valence-electron chi connectivity index (χ2n) is 2.90. The van der Waals surface area contributed by atoms with Crippen LogP contribution in [-0.2, 0) is 9.53 Å². The Morgan fingerprint density at radius 2 is 2.36 bits per heavy atom. The van der Waals surface area contributed by atoms with Crippen molar-refractivity contribution < 1.29 is 9.53 Å². The van der Waals surface area contributed by atoms with Gasteiger partial charge in [-0.15, -0.1) is 0 Å². The summed E-state index contributed by atoms with van der Waals surface area (Å²) < 4.78 is 5.08. The maximum Gasteiger partial charge on any atom is 0.306 e. The molecule has 0 saturated heterocycles. The summed E-state index contributed by atoms with van der Waals surface area (Å²) in [7, 11) is 0. The average Bonchev–Trinajstić information content (AvgIpc) is 2.02. The van der Waals surface area contributed by atoms with Gasteiger partial charge in [-0.1, -0.05) is 12.2 Å². The van der Waals surface area contributed by atoms with E-state index in [1.807, 2.05) is 6.92 Å². The summed E-state index contributed by atoms with van der Waals surface area (Å²) in [5, 5.41) is 0. The van der Waals surface area contributed by atoms with Crippen LogP contribution < -0.4 is 0 Å². The molecule has 0 aromatic heterocycles. The molecule has 1 atom stereocenters. The van der Waals surface area contributed by atoms with Gasteiger partial charge in [0.1, 0.15) is 6.10 Å².